The maximum atomic E-state index is 11.7. The zero-order chi connectivity index (χ0) is 11.0. The van der Waals surface area contributed by atoms with Crippen molar-refractivity contribution >= 4 is 21.9 Å². The van der Waals surface area contributed by atoms with Crippen LogP contribution >= 0.6 is 15.9 Å². The standard InChI is InChI=1S/C10H10BrNO3/c1-15-10(14)6-4-8(11)9(13)12(5-6)7-2-3-7/h4-5,7H,2-3H2,1H3. The van der Waals surface area contributed by atoms with Gasteiger partial charge in [0, 0.05) is 12.2 Å². The van der Waals surface area contributed by atoms with Gasteiger partial charge in [0.05, 0.1) is 17.1 Å². The highest BCUT2D eigenvalue weighted by Gasteiger charge is 2.26. The first-order valence-electron chi connectivity index (χ1n) is 4.63. The van der Waals surface area contributed by atoms with Gasteiger partial charge in [-0.1, -0.05) is 0 Å². The number of methoxy groups -OCH3 is 1. The van der Waals surface area contributed by atoms with Crippen molar-refractivity contribution < 1.29 is 9.53 Å². The highest BCUT2D eigenvalue weighted by molar-refractivity contribution is 9.10. The van der Waals surface area contributed by atoms with Gasteiger partial charge >= 0.3 is 5.97 Å². The van der Waals surface area contributed by atoms with Gasteiger partial charge in [0.25, 0.3) is 5.56 Å². The molecule has 1 aliphatic rings. The topological polar surface area (TPSA) is 48.3 Å². The van der Waals surface area contributed by atoms with Gasteiger partial charge < -0.3 is 9.30 Å². The van der Waals surface area contributed by atoms with Crippen molar-refractivity contribution in [3.8, 4) is 0 Å². The van der Waals surface area contributed by atoms with Gasteiger partial charge in [-0.25, -0.2) is 4.79 Å². The number of halogens is 1. The molecule has 1 heterocycles. The Balaban J connectivity index is 2.50. The van der Waals surface area contributed by atoms with Crippen LogP contribution in [0.1, 0.15) is 29.2 Å². The van der Waals surface area contributed by atoms with Crippen LogP contribution in [0.5, 0.6) is 0 Å². The van der Waals surface area contributed by atoms with Crippen LogP contribution in [0.3, 0.4) is 0 Å². The van der Waals surface area contributed by atoms with E-state index in [1.807, 2.05) is 0 Å². The molecule has 0 saturated heterocycles. The third-order valence-electron chi connectivity index (χ3n) is 2.36. The van der Waals surface area contributed by atoms with E-state index in [9.17, 15) is 9.59 Å². The molecule has 0 aromatic carbocycles. The van der Waals surface area contributed by atoms with Crippen molar-refractivity contribution in [1.29, 1.82) is 0 Å². The Morgan fingerprint density at radius 1 is 1.60 bits per heavy atom. The molecule has 15 heavy (non-hydrogen) atoms. The van der Waals surface area contributed by atoms with Crippen molar-refractivity contribution in [3.63, 3.8) is 0 Å². The van der Waals surface area contributed by atoms with Crippen molar-refractivity contribution in [2.24, 2.45) is 0 Å². The minimum atomic E-state index is -0.426. The molecule has 1 aromatic rings. The first kappa shape index (κ1) is 10.4. The summed E-state index contributed by atoms with van der Waals surface area (Å²) in [7, 11) is 1.32. The Hall–Kier alpha value is -1.10. The number of aromatic nitrogens is 1. The zero-order valence-electron chi connectivity index (χ0n) is 8.20. The van der Waals surface area contributed by atoms with Gasteiger partial charge in [0.2, 0.25) is 0 Å². The van der Waals surface area contributed by atoms with Crippen LogP contribution < -0.4 is 5.56 Å². The highest BCUT2D eigenvalue weighted by atomic mass is 79.9. The van der Waals surface area contributed by atoms with Crippen molar-refractivity contribution in [1.82, 2.24) is 4.57 Å². The van der Waals surface area contributed by atoms with Crippen LogP contribution in [0.25, 0.3) is 0 Å². The maximum absolute atomic E-state index is 11.7. The van der Waals surface area contributed by atoms with E-state index in [1.165, 1.54) is 13.2 Å². The lowest BCUT2D eigenvalue weighted by atomic mass is 10.3. The van der Waals surface area contributed by atoms with Crippen molar-refractivity contribution in [2.45, 2.75) is 18.9 Å². The van der Waals surface area contributed by atoms with Gasteiger partial charge in [-0.2, -0.15) is 0 Å². The number of pyridine rings is 1. The lowest BCUT2D eigenvalue weighted by Crippen LogP contribution is -2.21. The van der Waals surface area contributed by atoms with Crippen molar-refractivity contribution in [3.05, 3.63) is 32.7 Å². The van der Waals surface area contributed by atoms with E-state index < -0.39 is 5.97 Å². The molecule has 0 N–H and O–H groups in total. The molecule has 2 rings (SSSR count). The molecular weight excluding hydrogens is 262 g/mol. The Kier molecular flexibility index (Phi) is 2.65. The fourth-order valence-corrected chi connectivity index (χ4v) is 1.87. The van der Waals surface area contributed by atoms with Gasteiger partial charge in [0.15, 0.2) is 0 Å². The second-order valence-electron chi connectivity index (χ2n) is 3.51. The fourth-order valence-electron chi connectivity index (χ4n) is 1.42. The fraction of sp³-hybridized carbons (Fsp3) is 0.400. The SMILES string of the molecule is COC(=O)c1cc(Br)c(=O)n(C2CC2)c1. The molecule has 0 radical (unpaired) electrons. The Bertz CT molecular complexity index is 462. The summed E-state index contributed by atoms with van der Waals surface area (Å²) in [4.78, 5) is 23.0. The molecule has 5 heteroatoms. The molecule has 0 bridgehead atoms. The summed E-state index contributed by atoms with van der Waals surface area (Å²) in [5.41, 5.74) is 0.307. The number of ether oxygens (including phenoxy) is 1. The number of rotatable bonds is 2. The summed E-state index contributed by atoms with van der Waals surface area (Å²) in [6, 6.07) is 1.74. The second kappa shape index (κ2) is 3.81. The number of hydrogen-bond donors (Lipinski definition) is 0. The zero-order valence-corrected chi connectivity index (χ0v) is 9.78. The summed E-state index contributed by atoms with van der Waals surface area (Å²) < 4.78 is 6.60. The molecule has 80 valence electrons. The molecule has 1 fully saturated rings. The Morgan fingerprint density at radius 3 is 2.80 bits per heavy atom. The van der Waals surface area contributed by atoms with E-state index in [1.54, 1.807) is 10.8 Å². The predicted molar refractivity (Wildman–Crippen MR) is 58.0 cm³/mol. The van der Waals surface area contributed by atoms with Crippen molar-refractivity contribution in [2.75, 3.05) is 7.11 Å². The van der Waals surface area contributed by atoms with Gasteiger partial charge in [-0.15, -0.1) is 0 Å². The van der Waals surface area contributed by atoms with Crippen LogP contribution in [-0.4, -0.2) is 17.6 Å². The summed E-state index contributed by atoms with van der Waals surface area (Å²) in [5, 5.41) is 0. The van der Waals surface area contributed by atoms with Gasteiger partial charge in [0.1, 0.15) is 0 Å². The van der Waals surface area contributed by atoms with E-state index in [0.29, 0.717) is 10.0 Å². The minimum absolute atomic E-state index is 0.0925. The number of carbonyl (C=O) groups excluding carboxylic acids is 1. The Morgan fingerprint density at radius 2 is 2.27 bits per heavy atom. The molecule has 0 unspecified atom stereocenters. The summed E-state index contributed by atoms with van der Waals surface area (Å²) in [6.45, 7) is 0. The number of carbonyl (C=O) groups is 1. The number of nitrogens with zero attached hydrogens (tertiary/aromatic N) is 1. The Labute approximate surface area is 95.0 Å². The molecule has 4 nitrogen and oxygen atoms in total. The molecule has 0 amide bonds. The van der Waals surface area contributed by atoms with E-state index in [4.69, 9.17) is 0 Å². The monoisotopic (exact) mass is 271 g/mol. The van der Waals surface area contributed by atoms with E-state index in [2.05, 4.69) is 20.7 Å². The number of esters is 1. The smallest absolute Gasteiger partial charge is 0.339 e. The van der Waals surface area contributed by atoms with Crippen LogP contribution in [-0.2, 0) is 4.74 Å². The average Bonchev–Trinajstić information content (AvgIpc) is 3.04. The molecule has 1 aliphatic carbocycles. The summed E-state index contributed by atoms with van der Waals surface area (Å²) >= 11 is 3.15. The molecule has 1 saturated carbocycles. The van der Waals surface area contributed by atoms with Crippen LogP contribution in [0.15, 0.2) is 21.5 Å². The highest BCUT2D eigenvalue weighted by Crippen LogP contribution is 2.33. The van der Waals surface area contributed by atoms with Crippen LogP contribution in [0, 0.1) is 0 Å². The van der Waals surface area contributed by atoms with Gasteiger partial charge in [-0.05, 0) is 34.8 Å². The molecule has 0 spiro atoms. The van der Waals surface area contributed by atoms with E-state index >= 15 is 0 Å². The third-order valence-corrected chi connectivity index (χ3v) is 2.93. The summed E-state index contributed by atoms with van der Waals surface area (Å²) in [5.74, 6) is -0.426. The first-order valence-corrected chi connectivity index (χ1v) is 5.43. The minimum Gasteiger partial charge on any atom is -0.465 e. The quantitative estimate of drug-likeness (QED) is 0.770. The predicted octanol–water partition coefficient (Wildman–Crippen LogP) is 1.73. The lowest BCUT2D eigenvalue weighted by molar-refractivity contribution is 0.0599. The molecular formula is C10H10BrNO3. The molecule has 0 atom stereocenters. The van der Waals surface area contributed by atoms with E-state index in [0.717, 1.165) is 12.8 Å². The van der Waals surface area contributed by atoms with Crippen LogP contribution in [0.4, 0.5) is 0 Å². The lowest BCUT2D eigenvalue weighted by Gasteiger charge is -2.06. The average molecular weight is 272 g/mol. The normalized spacial score (nSPS) is 15.1. The third kappa shape index (κ3) is 1.97. The van der Waals surface area contributed by atoms with Crippen LogP contribution in [0.2, 0.25) is 0 Å². The van der Waals surface area contributed by atoms with Gasteiger partial charge in [-0.3, -0.25) is 4.79 Å². The molecule has 0 aliphatic heterocycles. The maximum Gasteiger partial charge on any atom is 0.339 e. The second-order valence-corrected chi connectivity index (χ2v) is 4.37. The number of hydrogen-bond acceptors (Lipinski definition) is 3. The molecule has 1 aromatic heterocycles. The summed E-state index contributed by atoms with van der Waals surface area (Å²) in [6.07, 6.45) is 3.56. The van der Waals surface area contributed by atoms with E-state index in [-0.39, 0.29) is 11.6 Å². The largest absolute Gasteiger partial charge is 0.465 e. The first-order chi connectivity index (χ1) is 7.13.